The fourth-order valence-corrected chi connectivity index (χ4v) is 2.09. The smallest absolute Gasteiger partial charge is 0.152 e. The summed E-state index contributed by atoms with van der Waals surface area (Å²) in [6.07, 6.45) is 1.60. The molecule has 1 N–H and O–H groups in total. The first-order valence-electron chi connectivity index (χ1n) is 6.02. The average Bonchev–Trinajstić information content (AvgIpc) is 2.35. The molecule has 6 heteroatoms. The molecule has 3 nitrogen and oxygen atoms in total. The molecular weight excluding hydrogens is 345 g/mol. The zero-order valence-corrected chi connectivity index (χ0v) is 13.7. The van der Waals surface area contributed by atoms with Crippen molar-refractivity contribution >= 4 is 39.0 Å². The Balaban J connectivity index is 2.40. The maximum Gasteiger partial charge on any atom is 0.152 e. The van der Waals surface area contributed by atoms with E-state index in [2.05, 4.69) is 31.2 Å². The SMILES string of the molecule is CC(C)(C)c1nc(Br)cnc1Nc1ccc(Cl)c(F)c1. The van der Waals surface area contributed by atoms with Crippen LogP contribution in [0, 0.1) is 5.82 Å². The highest BCUT2D eigenvalue weighted by atomic mass is 79.9. The zero-order chi connectivity index (χ0) is 14.9. The first-order valence-corrected chi connectivity index (χ1v) is 7.19. The lowest BCUT2D eigenvalue weighted by atomic mass is 9.91. The van der Waals surface area contributed by atoms with Gasteiger partial charge in [-0.2, -0.15) is 0 Å². The van der Waals surface area contributed by atoms with Crippen molar-refractivity contribution in [3.8, 4) is 0 Å². The first kappa shape index (κ1) is 15.2. The predicted octanol–water partition coefficient (Wildman–Crippen LogP) is 5.07. The van der Waals surface area contributed by atoms with Crippen molar-refractivity contribution in [1.82, 2.24) is 9.97 Å². The summed E-state index contributed by atoms with van der Waals surface area (Å²) in [5.41, 5.74) is 1.18. The maximum absolute atomic E-state index is 13.5. The number of nitrogens with one attached hydrogen (secondary N) is 1. The van der Waals surface area contributed by atoms with Crippen molar-refractivity contribution in [2.45, 2.75) is 26.2 Å². The van der Waals surface area contributed by atoms with E-state index in [0.29, 0.717) is 16.1 Å². The minimum Gasteiger partial charge on any atom is -0.339 e. The molecule has 0 spiro atoms. The summed E-state index contributed by atoms with van der Waals surface area (Å²) in [7, 11) is 0. The van der Waals surface area contributed by atoms with E-state index >= 15 is 0 Å². The summed E-state index contributed by atoms with van der Waals surface area (Å²) in [6.45, 7) is 6.12. The van der Waals surface area contributed by atoms with E-state index in [1.807, 2.05) is 20.8 Å². The first-order chi connectivity index (χ1) is 9.27. The van der Waals surface area contributed by atoms with Crippen LogP contribution in [-0.4, -0.2) is 9.97 Å². The summed E-state index contributed by atoms with van der Waals surface area (Å²) in [5, 5.41) is 3.17. The Bertz CT molecular complexity index is 641. The minimum atomic E-state index is -0.473. The van der Waals surface area contributed by atoms with Crippen LogP contribution in [0.15, 0.2) is 29.0 Å². The molecule has 0 aliphatic carbocycles. The molecule has 0 amide bonds. The molecule has 2 rings (SSSR count). The molecule has 1 aromatic carbocycles. The highest BCUT2D eigenvalue weighted by molar-refractivity contribution is 9.10. The van der Waals surface area contributed by atoms with Crippen LogP contribution < -0.4 is 5.32 Å². The van der Waals surface area contributed by atoms with Crippen molar-refractivity contribution in [1.29, 1.82) is 0 Å². The number of hydrogen-bond acceptors (Lipinski definition) is 3. The Kier molecular flexibility index (Phi) is 4.30. The van der Waals surface area contributed by atoms with Gasteiger partial charge < -0.3 is 5.32 Å². The number of hydrogen-bond donors (Lipinski definition) is 1. The van der Waals surface area contributed by atoms with Crippen LogP contribution in [0.1, 0.15) is 26.5 Å². The Labute approximate surface area is 130 Å². The second kappa shape index (κ2) is 5.66. The van der Waals surface area contributed by atoms with Crippen LogP contribution in [0.2, 0.25) is 5.02 Å². The second-order valence-electron chi connectivity index (χ2n) is 5.39. The number of rotatable bonds is 2. The summed E-state index contributed by atoms with van der Waals surface area (Å²) >= 11 is 8.99. The molecule has 0 atom stereocenters. The summed E-state index contributed by atoms with van der Waals surface area (Å²) < 4.78 is 14.1. The number of aromatic nitrogens is 2. The number of anilines is 2. The molecule has 20 heavy (non-hydrogen) atoms. The monoisotopic (exact) mass is 357 g/mol. The van der Waals surface area contributed by atoms with Crippen LogP contribution in [0.25, 0.3) is 0 Å². The molecule has 0 radical (unpaired) electrons. The van der Waals surface area contributed by atoms with Crippen LogP contribution in [0.5, 0.6) is 0 Å². The van der Waals surface area contributed by atoms with Gasteiger partial charge in [0.2, 0.25) is 0 Å². The lowest BCUT2D eigenvalue weighted by Gasteiger charge is -2.21. The lowest BCUT2D eigenvalue weighted by molar-refractivity contribution is 0.567. The van der Waals surface area contributed by atoms with Gasteiger partial charge in [0.05, 0.1) is 16.9 Å². The third kappa shape index (κ3) is 3.46. The number of nitrogens with zero attached hydrogens (tertiary/aromatic N) is 2. The quantitative estimate of drug-likeness (QED) is 0.814. The van der Waals surface area contributed by atoms with Gasteiger partial charge >= 0.3 is 0 Å². The largest absolute Gasteiger partial charge is 0.339 e. The lowest BCUT2D eigenvalue weighted by Crippen LogP contribution is -2.17. The van der Waals surface area contributed by atoms with Crippen molar-refractivity contribution in [3.63, 3.8) is 0 Å². The van der Waals surface area contributed by atoms with Crippen LogP contribution in [0.3, 0.4) is 0 Å². The minimum absolute atomic E-state index is 0.0912. The van der Waals surface area contributed by atoms with E-state index in [4.69, 9.17) is 11.6 Å². The van der Waals surface area contributed by atoms with Crippen LogP contribution >= 0.6 is 27.5 Å². The number of benzene rings is 1. The van der Waals surface area contributed by atoms with Gasteiger partial charge in [-0.25, -0.2) is 14.4 Å². The van der Waals surface area contributed by atoms with Gasteiger partial charge in [0, 0.05) is 11.1 Å². The van der Waals surface area contributed by atoms with Crippen LogP contribution in [0.4, 0.5) is 15.9 Å². The van der Waals surface area contributed by atoms with Crippen molar-refractivity contribution in [3.05, 3.63) is 45.5 Å². The molecule has 0 bridgehead atoms. The number of halogens is 3. The third-order valence-electron chi connectivity index (χ3n) is 2.64. The molecule has 1 heterocycles. The third-order valence-corrected chi connectivity index (χ3v) is 3.32. The van der Waals surface area contributed by atoms with Gasteiger partial charge in [0.25, 0.3) is 0 Å². The van der Waals surface area contributed by atoms with Gasteiger partial charge in [-0.3, -0.25) is 0 Å². The van der Waals surface area contributed by atoms with E-state index in [1.54, 1.807) is 12.3 Å². The van der Waals surface area contributed by atoms with Gasteiger partial charge in [0.1, 0.15) is 10.4 Å². The van der Waals surface area contributed by atoms with E-state index in [0.717, 1.165) is 5.69 Å². The Morgan fingerprint density at radius 2 is 2.00 bits per heavy atom. The Morgan fingerprint density at radius 3 is 2.60 bits per heavy atom. The Hall–Kier alpha value is -1.20. The van der Waals surface area contributed by atoms with Gasteiger partial charge in [-0.1, -0.05) is 32.4 Å². The van der Waals surface area contributed by atoms with Crippen LogP contribution in [-0.2, 0) is 5.41 Å². The van der Waals surface area contributed by atoms with E-state index in [1.165, 1.54) is 12.1 Å². The molecule has 0 aliphatic rings. The van der Waals surface area contributed by atoms with E-state index in [-0.39, 0.29) is 10.4 Å². The standard InChI is InChI=1S/C14H14BrClFN3/c1-14(2,3)12-13(18-7-11(15)20-12)19-8-4-5-9(16)10(17)6-8/h4-7H,1-3H3,(H,18,19). The molecule has 0 unspecified atom stereocenters. The molecule has 1 aromatic heterocycles. The summed E-state index contributed by atoms with van der Waals surface area (Å²) in [4.78, 5) is 8.77. The topological polar surface area (TPSA) is 37.8 Å². The molecule has 106 valence electrons. The second-order valence-corrected chi connectivity index (χ2v) is 6.61. The van der Waals surface area contributed by atoms with Gasteiger partial charge in [0.15, 0.2) is 5.82 Å². The molecule has 0 saturated heterocycles. The fraction of sp³-hybridized carbons (Fsp3) is 0.286. The average molecular weight is 359 g/mol. The van der Waals surface area contributed by atoms with E-state index in [9.17, 15) is 4.39 Å². The predicted molar refractivity (Wildman–Crippen MR) is 83.1 cm³/mol. The molecule has 0 saturated carbocycles. The van der Waals surface area contributed by atoms with Gasteiger partial charge in [-0.05, 0) is 34.1 Å². The normalized spacial score (nSPS) is 11.5. The van der Waals surface area contributed by atoms with Crippen molar-refractivity contribution in [2.75, 3.05) is 5.32 Å². The molecule has 2 aromatic rings. The highest BCUT2D eigenvalue weighted by Crippen LogP contribution is 2.30. The molecule has 0 aliphatic heterocycles. The zero-order valence-electron chi connectivity index (χ0n) is 11.3. The maximum atomic E-state index is 13.5. The van der Waals surface area contributed by atoms with Crippen molar-refractivity contribution < 1.29 is 4.39 Å². The highest BCUT2D eigenvalue weighted by Gasteiger charge is 2.21. The summed E-state index contributed by atoms with van der Waals surface area (Å²) in [5.74, 6) is 0.126. The van der Waals surface area contributed by atoms with E-state index < -0.39 is 5.82 Å². The Morgan fingerprint density at radius 1 is 1.30 bits per heavy atom. The van der Waals surface area contributed by atoms with Crippen molar-refractivity contribution in [2.24, 2.45) is 0 Å². The van der Waals surface area contributed by atoms with Gasteiger partial charge in [-0.15, -0.1) is 0 Å². The molecule has 0 fully saturated rings. The molecular formula is C14H14BrClFN3. The summed E-state index contributed by atoms with van der Waals surface area (Å²) in [6, 6.07) is 4.53. The fourth-order valence-electron chi connectivity index (χ4n) is 1.69.